The van der Waals surface area contributed by atoms with Crippen molar-refractivity contribution in [3.05, 3.63) is 53.6 Å². The Labute approximate surface area is 113 Å². The Morgan fingerprint density at radius 3 is 2.58 bits per heavy atom. The van der Waals surface area contributed by atoms with Crippen molar-refractivity contribution < 1.29 is 18.3 Å². The smallest absolute Gasteiger partial charge is 0.151 e. The molecule has 0 spiro atoms. The van der Waals surface area contributed by atoms with Crippen LogP contribution in [-0.4, -0.2) is 13.4 Å². The highest BCUT2D eigenvalue weighted by Gasteiger charge is 2.10. The van der Waals surface area contributed by atoms with Crippen molar-refractivity contribution in [1.29, 1.82) is 0 Å². The predicted octanol–water partition coefficient (Wildman–Crippen LogP) is 3.94. The molecule has 0 amide bonds. The highest BCUT2D eigenvalue weighted by molar-refractivity contribution is 7.99. The number of aldehydes is 1. The average molecular weight is 280 g/mol. The van der Waals surface area contributed by atoms with E-state index in [9.17, 15) is 13.6 Å². The average Bonchev–Trinajstić information content (AvgIpc) is 2.43. The highest BCUT2D eigenvalue weighted by Crippen LogP contribution is 2.33. The van der Waals surface area contributed by atoms with E-state index in [0.717, 1.165) is 30.0 Å². The highest BCUT2D eigenvalue weighted by atomic mass is 32.2. The minimum Gasteiger partial charge on any atom is -0.497 e. The maximum Gasteiger partial charge on any atom is 0.151 e. The van der Waals surface area contributed by atoms with Crippen LogP contribution < -0.4 is 4.74 Å². The van der Waals surface area contributed by atoms with Gasteiger partial charge in [-0.3, -0.25) is 4.79 Å². The van der Waals surface area contributed by atoms with Crippen LogP contribution in [0.1, 0.15) is 10.4 Å². The Morgan fingerprint density at radius 1 is 1.11 bits per heavy atom. The molecule has 0 radical (unpaired) electrons. The molecule has 0 unspecified atom stereocenters. The van der Waals surface area contributed by atoms with Crippen molar-refractivity contribution in [2.24, 2.45) is 0 Å². The first kappa shape index (κ1) is 13.5. The van der Waals surface area contributed by atoms with E-state index in [-0.39, 0.29) is 4.90 Å². The molecule has 19 heavy (non-hydrogen) atoms. The molecule has 5 heteroatoms. The van der Waals surface area contributed by atoms with E-state index in [1.807, 2.05) is 0 Å². The van der Waals surface area contributed by atoms with E-state index in [0.29, 0.717) is 22.5 Å². The molecule has 0 aromatic heterocycles. The van der Waals surface area contributed by atoms with Gasteiger partial charge in [-0.05, 0) is 36.4 Å². The van der Waals surface area contributed by atoms with Gasteiger partial charge in [-0.2, -0.15) is 0 Å². The number of benzene rings is 2. The zero-order chi connectivity index (χ0) is 13.8. The molecule has 0 aliphatic carbocycles. The number of carbonyl (C=O) groups is 1. The standard InChI is InChI=1S/C14H10F2O2S/c1-18-11-3-5-13(9(6-11)8-17)19-14-7-10(15)2-4-12(14)16/h2-8H,1H3. The zero-order valence-electron chi connectivity index (χ0n) is 10.0. The third-order valence-electron chi connectivity index (χ3n) is 2.46. The fraction of sp³-hybridized carbons (Fsp3) is 0.0714. The topological polar surface area (TPSA) is 26.3 Å². The monoisotopic (exact) mass is 280 g/mol. The molecule has 0 aliphatic rings. The largest absolute Gasteiger partial charge is 0.497 e. The van der Waals surface area contributed by atoms with Crippen molar-refractivity contribution in [2.45, 2.75) is 9.79 Å². The quantitative estimate of drug-likeness (QED) is 0.794. The Kier molecular flexibility index (Phi) is 4.16. The molecule has 0 saturated heterocycles. The first-order valence-electron chi connectivity index (χ1n) is 5.40. The molecule has 2 aromatic carbocycles. The first-order valence-corrected chi connectivity index (χ1v) is 6.22. The number of ether oxygens (including phenoxy) is 1. The van der Waals surface area contributed by atoms with E-state index in [4.69, 9.17) is 4.74 Å². The van der Waals surface area contributed by atoms with Gasteiger partial charge in [0, 0.05) is 10.5 Å². The minimum absolute atomic E-state index is 0.133. The molecule has 2 aromatic rings. The van der Waals surface area contributed by atoms with Gasteiger partial charge in [-0.1, -0.05) is 11.8 Å². The van der Waals surface area contributed by atoms with Crippen LogP contribution in [-0.2, 0) is 0 Å². The summed E-state index contributed by atoms with van der Waals surface area (Å²) in [6.07, 6.45) is 0.655. The van der Waals surface area contributed by atoms with E-state index >= 15 is 0 Å². The molecule has 0 saturated carbocycles. The van der Waals surface area contributed by atoms with Gasteiger partial charge < -0.3 is 4.74 Å². The van der Waals surface area contributed by atoms with Gasteiger partial charge in [-0.15, -0.1) is 0 Å². The van der Waals surface area contributed by atoms with Crippen molar-refractivity contribution in [1.82, 2.24) is 0 Å². The lowest BCUT2D eigenvalue weighted by Crippen LogP contribution is -1.90. The lowest BCUT2D eigenvalue weighted by molar-refractivity contribution is 0.112. The first-order chi connectivity index (χ1) is 9.13. The number of methoxy groups -OCH3 is 1. The normalized spacial score (nSPS) is 10.3. The number of rotatable bonds is 4. The van der Waals surface area contributed by atoms with Crippen LogP contribution >= 0.6 is 11.8 Å². The van der Waals surface area contributed by atoms with Gasteiger partial charge in [0.15, 0.2) is 6.29 Å². The van der Waals surface area contributed by atoms with Crippen molar-refractivity contribution in [2.75, 3.05) is 7.11 Å². The molecular formula is C14H10F2O2S. The van der Waals surface area contributed by atoms with Crippen molar-refractivity contribution in [3.63, 3.8) is 0 Å². The van der Waals surface area contributed by atoms with Crippen LogP contribution in [0.25, 0.3) is 0 Å². The summed E-state index contributed by atoms with van der Waals surface area (Å²) < 4.78 is 31.6. The van der Waals surface area contributed by atoms with Gasteiger partial charge in [0.2, 0.25) is 0 Å². The van der Waals surface area contributed by atoms with Crippen LogP contribution in [0.2, 0.25) is 0 Å². The van der Waals surface area contributed by atoms with Crippen molar-refractivity contribution >= 4 is 18.0 Å². The summed E-state index contributed by atoms with van der Waals surface area (Å²) in [5, 5.41) is 0. The summed E-state index contributed by atoms with van der Waals surface area (Å²) in [5.41, 5.74) is 0.369. The molecule has 98 valence electrons. The SMILES string of the molecule is COc1ccc(Sc2cc(F)ccc2F)c(C=O)c1. The van der Waals surface area contributed by atoms with E-state index in [1.165, 1.54) is 7.11 Å². The summed E-state index contributed by atoms with van der Waals surface area (Å²) in [6.45, 7) is 0. The van der Waals surface area contributed by atoms with Gasteiger partial charge in [0.05, 0.1) is 12.0 Å². The lowest BCUT2D eigenvalue weighted by atomic mass is 10.2. The third-order valence-corrected chi connectivity index (χ3v) is 3.58. The molecule has 0 bridgehead atoms. The Hall–Kier alpha value is -1.88. The lowest BCUT2D eigenvalue weighted by Gasteiger charge is -2.07. The van der Waals surface area contributed by atoms with Crippen LogP contribution in [0, 0.1) is 11.6 Å². The number of hydrogen-bond donors (Lipinski definition) is 0. The second kappa shape index (κ2) is 5.84. The summed E-state index contributed by atoms with van der Waals surface area (Å²) >= 11 is 0.997. The Bertz CT molecular complexity index is 614. The van der Waals surface area contributed by atoms with Gasteiger partial charge >= 0.3 is 0 Å². The van der Waals surface area contributed by atoms with Gasteiger partial charge in [0.25, 0.3) is 0 Å². The fourth-order valence-corrected chi connectivity index (χ4v) is 2.45. The fourth-order valence-electron chi connectivity index (χ4n) is 1.51. The second-order valence-corrected chi connectivity index (χ2v) is 4.78. The number of hydrogen-bond acceptors (Lipinski definition) is 3. The molecule has 0 N–H and O–H groups in total. The van der Waals surface area contributed by atoms with E-state index < -0.39 is 11.6 Å². The summed E-state index contributed by atoms with van der Waals surface area (Å²) in [7, 11) is 1.49. The maximum absolute atomic E-state index is 13.5. The summed E-state index contributed by atoms with van der Waals surface area (Å²) in [4.78, 5) is 11.7. The van der Waals surface area contributed by atoms with Crippen LogP contribution in [0.3, 0.4) is 0 Å². The maximum atomic E-state index is 13.5. The molecule has 0 fully saturated rings. The summed E-state index contributed by atoms with van der Waals surface area (Å²) in [5.74, 6) is -0.518. The molecule has 0 aliphatic heterocycles. The summed E-state index contributed by atoms with van der Waals surface area (Å²) in [6, 6.07) is 8.05. The van der Waals surface area contributed by atoms with Crippen LogP contribution in [0.4, 0.5) is 8.78 Å². The Balaban J connectivity index is 2.37. The predicted molar refractivity (Wildman–Crippen MR) is 68.9 cm³/mol. The van der Waals surface area contributed by atoms with Gasteiger partial charge in [0.1, 0.15) is 17.4 Å². The van der Waals surface area contributed by atoms with Crippen LogP contribution in [0.15, 0.2) is 46.2 Å². The van der Waals surface area contributed by atoms with Gasteiger partial charge in [-0.25, -0.2) is 8.78 Å². The molecule has 2 rings (SSSR count). The zero-order valence-corrected chi connectivity index (χ0v) is 10.8. The van der Waals surface area contributed by atoms with Crippen molar-refractivity contribution in [3.8, 4) is 5.75 Å². The second-order valence-electron chi connectivity index (χ2n) is 3.70. The van der Waals surface area contributed by atoms with E-state index in [2.05, 4.69) is 0 Å². The number of carbonyl (C=O) groups excluding carboxylic acids is 1. The molecule has 0 heterocycles. The number of halogens is 2. The molecular weight excluding hydrogens is 270 g/mol. The van der Waals surface area contributed by atoms with E-state index in [1.54, 1.807) is 18.2 Å². The third kappa shape index (κ3) is 3.12. The molecule has 0 atom stereocenters. The Morgan fingerprint density at radius 2 is 1.89 bits per heavy atom. The van der Waals surface area contributed by atoms with Crippen LogP contribution in [0.5, 0.6) is 5.75 Å². The molecule has 2 nitrogen and oxygen atoms in total. The minimum atomic E-state index is -0.529.